The van der Waals surface area contributed by atoms with Crippen molar-refractivity contribution in [2.45, 2.75) is 141 Å². The molecule has 43 heavy (non-hydrogen) atoms. The average Bonchev–Trinajstić information content (AvgIpc) is 3.26. The first-order valence-electron chi connectivity index (χ1n) is 16.8. The summed E-state index contributed by atoms with van der Waals surface area (Å²) in [6.07, 6.45) is 9.96. The van der Waals surface area contributed by atoms with Gasteiger partial charge < -0.3 is 9.80 Å². The molecular formula is C40H51ClN2. The molecule has 0 N–H and O–H groups in total. The van der Waals surface area contributed by atoms with Gasteiger partial charge in [-0.2, -0.15) is 0 Å². The van der Waals surface area contributed by atoms with E-state index in [1.165, 1.54) is 96.4 Å². The summed E-state index contributed by atoms with van der Waals surface area (Å²) in [6, 6.07) is 19.1. The largest absolute Gasteiger partial charge is 0.334 e. The van der Waals surface area contributed by atoms with Gasteiger partial charge in [-0.3, -0.25) is 0 Å². The molecule has 0 spiro atoms. The summed E-state index contributed by atoms with van der Waals surface area (Å²) in [7, 11) is 0. The molecule has 2 heterocycles. The van der Waals surface area contributed by atoms with Crippen molar-refractivity contribution in [1.82, 2.24) is 0 Å². The molecule has 2 nitrogen and oxygen atoms in total. The number of rotatable bonds is 2. The van der Waals surface area contributed by atoms with Crippen molar-refractivity contribution in [3.8, 4) is 0 Å². The van der Waals surface area contributed by atoms with Crippen LogP contribution in [0.4, 0.5) is 22.7 Å². The fourth-order valence-corrected chi connectivity index (χ4v) is 10.4. The van der Waals surface area contributed by atoms with Crippen LogP contribution in [0.3, 0.4) is 0 Å². The van der Waals surface area contributed by atoms with Crippen molar-refractivity contribution in [2.75, 3.05) is 9.80 Å². The third-order valence-electron chi connectivity index (χ3n) is 12.9. The summed E-state index contributed by atoms with van der Waals surface area (Å²) in [5, 5.41) is 0.826. The Bertz CT molecular complexity index is 1630. The number of nitrogens with zero attached hydrogens (tertiary/aromatic N) is 2. The summed E-state index contributed by atoms with van der Waals surface area (Å²) in [5.41, 5.74) is 12.8. The molecule has 0 radical (unpaired) electrons. The van der Waals surface area contributed by atoms with Gasteiger partial charge in [-0.05, 0) is 117 Å². The first kappa shape index (κ1) is 29.3. The lowest BCUT2D eigenvalue weighted by atomic mass is 9.61. The molecule has 2 aliphatic heterocycles. The number of hydrogen-bond acceptors (Lipinski definition) is 2. The molecule has 228 valence electrons. The van der Waals surface area contributed by atoms with Crippen LogP contribution in [-0.2, 0) is 16.2 Å². The van der Waals surface area contributed by atoms with Gasteiger partial charge in [-0.25, -0.2) is 0 Å². The van der Waals surface area contributed by atoms with E-state index >= 15 is 0 Å². The Hall–Kier alpha value is -2.45. The molecule has 0 aromatic heterocycles. The topological polar surface area (TPSA) is 6.48 Å². The Morgan fingerprint density at radius 3 is 1.84 bits per heavy atom. The van der Waals surface area contributed by atoms with Crippen molar-refractivity contribution in [3.63, 3.8) is 0 Å². The predicted molar refractivity (Wildman–Crippen MR) is 185 cm³/mol. The van der Waals surface area contributed by atoms with E-state index in [9.17, 15) is 0 Å². The zero-order valence-electron chi connectivity index (χ0n) is 28.0. The highest BCUT2D eigenvalue weighted by Crippen LogP contribution is 2.64. The second kappa shape index (κ2) is 9.29. The fraction of sp³-hybridized carbons (Fsp3) is 0.550. The highest BCUT2D eigenvalue weighted by molar-refractivity contribution is 6.31. The van der Waals surface area contributed by atoms with Gasteiger partial charge in [0, 0.05) is 38.6 Å². The van der Waals surface area contributed by atoms with Crippen molar-refractivity contribution < 1.29 is 0 Å². The first-order valence-corrected chi connectivity index (χ1v) is 17.2. The molecule has 3 aromatic rings. The molecular weight excluding hydrogens is 544 g/mol. The second-order valence-electron chi connectivity index (χ2n) is 16.4. The number of fused-ring (bicyclic) bond motifs is 6. The highest BCUT2D eigenvalue weighted by Gasteiger charge is 2.60. The zero-order chi connectivity index (χ0) is 30.7. The van der Waals surface area contributed by atoms with Crippen molar-refractivity contribution in [1.29, 1.82) is 0 Å². The standard InChI is InChI=1S/C40H51ClN2/c1-26-20-27(2)35-34(21-26)43(40(9)19-13-11-17-38(35,40)7)31-24-29(41)23-30(25-31)42-33-15-14-28(36(3,4)5)22-32(33)37(6)16-10-12-18-39(37,42)8/h14-15,20-25H,10-13,16-19H2,1-9H3. The Balaban J connectivity index is 1.44. The summed E-state index contributed by atoms with van der Waals surface area (Å²) >= 11 is 7.17. The SMILES string of the molecule is Cc1cc(C)c2c(c1)N(c1cc(Cl)cc(N3c4ccc(C(C)(C)C)cc4C4(C)CCCCC34C)c1)C1(C)CCCCC21C. The van der Waals surface area contributed by atoms with E-state index in [0.29, 0.717) is 0 Å². The van der Waals surface area contributed by atoms with Gasteiger partial charge >= 0.3 is 0 Å². The van der Waals surface area contributed by atoms with E-state index in [0.717, 1.165) is 5.02 Å². The number of aryl methyl sites for hydroxylation is 2. The molecule has 0 amide bonds. The van der Waals surface area contributed by atoms with Crippen LogP contribution in [0.15, 0.2) is 48.5 Å². The summed E-state index contributed by atoms with van der Waals surface area (Å²) in [6.45, 7) is 21.7. The first-order chi connectivity index (χ1) is 20.1. The molecule has 2 saturated carbocycles. The van der Waals surface area contributed by atoms with Crippen LogP contribution in [0, 0.1) is 13.8 Å². The molecule has 7 rings (SSSR count). The lowest BCUT2D eigenvalue weighted by Gasteiger charge is -2.51. The molecule has 3 aromatic carbocycles. The molecule has 2 fully saturated rings. The predicted octanol–water partition coefficient (Wildman–Crippen LogP) is 11.7. The molecule has 2 aliphatic carbocycles. The van der Waals surface area contributed by atoms with E-state index in [1.807, 2.05) is 0 Å². The Labute approximate surface area is 265 Å². The third-order valence-corrected chi connectivity index (χ3v) is 13.1. The molecule has 3 heteroatoms. The van der Waals surface area contributed by atoms with Crippen LogP contribution in [0.25, 0.3) is 0 Å². The minimum absolute atomic E-state index is 0.00186. The molecule has 4 atom stereocenters. The Morgan fingerprint density at radius 2 is 1.21 bits per heavy atom. The lowest BCUT2D eigenvalue weighted by molar-refractivity contribution is 0.193. The molecule has 4 aliphatic rings. The van der Waals surface area contributed by atoms with Crippen LogP contribution >= 0.6 is 11.6 Å². The van der Waals surface area contributed by atoms with Gasteiger partial charge in [0.25, 0.3) is 0 Å². The van der Waals surface area contributed by atoms with Gasteiger partial charge in [-0.15, -0.1) is 0 Å². The highest BCUT2D eigenvalue weighted by atomic mass is 35.5. The maximum Gasteiger partial charge on any atom is 0.0518 e. The van der Waals surface area contributed by atoms with Gasteiger partial charge in [-0.1, -0.05) is 90.1 Å². The molecule has 0 saturated heterocycles. The van der Waals surface area contributed by atoms with Crippen LogP contribution in [0.5, 0.6) is 0 Å². The van der Waals surface area contributed by atoms with Crippen LogP contribution in [0.2, 0.25) is 5.02 Å². The van der Waals surface area contributed by atoms with E-state index < -0.39 is 0 Å². The number of benzene rings is 3. The third kappa shape index (κ3) is 3.84. The summed E-state index contributed by atoms with van der Waals surface area (Å²) in [4.78, 5) is 5.41. The van der Waals surface area contributed by atoms with E-state index in [4.69, 9.17) is 11.6 Å². The zero-order valence-corrected chi connectivity index (χ0v) is 28.8. The van der Waals surface area contributed by atoms with E-state index in [2.05, 4.69) is 121 Å². The molecule has 4 unspecified atom stereocenters. The van der Waals surface area contributed by atoms with Crippen molar-refractivity contribution in [2.24, 2.45) is 0 Å². The number of hydrogen-bond donors (Lipinski definition) is 0. The van der Waals surface area contributed by atoms with Crippen molar-refractivity contribution >= 4 is 34.4 Å². The van der Waals surface area contributed by atoms with Crippen LogP contribution in [-0.4, -0.2) is 11.1 Å². The smallest absolute Gasteiger partial charge is 0.0518 e. The minimum Gasteiger partial charge on any atom is -0.334 e. The number of halogens is 1. The van der Waals surface area contributed by atoms with Gasteiger partial charge in [0.1, 0.15) is 0 Å². The van der Waals surface area contributed by atoms with Crippen LogP contribution < -0.4 is 9.80 Å². The number of anilines is 4. The maximum absolute atomic E-state index is 7.17. The average molecular weight is 595 g/mol. The Morgan fingerprint density at radius 1 is 0.651 bits per heavy atom. The van der Waals surface area contributed by atoms with E-state index in [-0.39, 0.29) is 27.3 Å². The lowest BCUT2D eigenvalue weighted by Crippen LogP contribution is -2.55. The van der Waals surface area contributed by atoms with Crippen LogP contribution in [0.1, 0.15) is 128 Å². The van der Waals surface area contributed by atoms with Gasteiger partial charge in [0.05, 0.1) is 11.1 Å². The second-order valence-corrected chi connectivity index (χ2v) is 16.9. The van der Waals surface area contributed by atoms with Crippen molar-refractivity contribution in [3.05, 3.63) is 81.4 Å². The van der Waals surface area contributed by atoms with Gasteiger partial charge in [0.15, 0.2) is 0 Å². The minimum atomic E-state index is -0.00854. The summed E-state index contributed by atoms with van der Waals surface area (Å²) in [5.74, 6) is 0. The fourth-order valence-electron chi connectivity index (χ4n) is 10.2. The Kier molecular flexibility index (Phi) is 6.32. The normalized spacial score (nSPS) is 31.5. The quantitative estimate of drug-likeness (QED) is 0.291. The molecule has 0 bridgehead atoms. The summed E-state index contributed by atoms with van der Waals surface area (Å²) < 4.78 is 0. The van der Waals surface area contributed by atoms with Gasteiger partial charge in [0.2, 0.25) is 0 Å². The maximum atomic E-state index is 7.17. The van der Waals surface area contributed by atoms with E-state index in [1.54, 1.807) is 5.56 Å². The monoisotopic (exact) mass is 594 g/mol.